The first-order valence-corrected chi connectivity index (χ1v) is 6.81. The van der Waals surface area contributed by atoms with Crippen molar-refractivity contribution in [3.63, 3.8) is 0 Å². The molecule has 0 aromatic carbocycles. The lowest BCUT2D eigenvalue weighted by Crippen LogP contribution is -2.40. The fourth-order valence-electron chi connectivity index (χ4n) is 1.61. The van der Waals surface area contributed by atoms with Gasteiger partial charge in [0.25, 0.3) is 5.91 Å². The summed E-state index contributed by atoms with van der Waals surface area (Å²) in [6.07, 6.45) is 3.08. The first-order valence-electron chi connectivity index (χ1n) is 6.43. The first-order chi connectivity index (χ1) is 8.82. The highest BCUT2D eigenvalue weighted by Crippen LogP contribution is 2.16. The summed E-state index contributed by atoms with van der Waals surface area (Å²) in [6, 6.07) is 3.26. The van der Waals surface area contributed by atoms with Crippen molar-refractivity contribution in [1.29, 1.82) is 0 Å². The molecule has 0 bridgehead atoms. The molecule has 19 heavy (non-hydrogen) atoms. The molecule has 0 spiro atoms. The Morgan fingerprint density at radius 3 is 2.84 bits per heavy atom. The second kappa shape index (κ2) is 6.87. The zero-order chi connectivity index (χ0) is 14.5. The third-order valence-corrected chi connectivity index (χ3v) is 3.19. The zero-order valence-corrected chi connectivity index (χ0v) is 12.4. The van der Waals surface area contributed by atoms with E-state index in [0.29, 0.717) is 17.9 Å². The minimum atomic E-state index is -0.908. The molecule has 0 saturated carbocycles. The molecule has 4 nitrogen and oxygen atoms in total. The lowest BCUT2D eigenvalue weighted by Gasteiger charge is -2.24. The van der Waals surface area contributed by atoms with Gasteiger partial charge < -0.3 is 10.4 Å². The lowest BCUT2D eigenvalue weighted by atomic mass is 9.95. The number of pyridine rings is 1. The average Bonchev–Trinajstić information content (AvgIpc) is 2.34. The molecule has 1 amide bonds. The van der Waals surface area contributed by atoms with Crippen molar-refractivity contribution in [3.05, 3.63) is 29.0 Å². The predicted octanol–water partition coefficient (Wildman–Crippen LogP) is 2.65. The molecule has 0 aliphatic carbocycles. The molecule has 0 aliphatic rings. The maximum Gasteiger partial charge on any atom is 0.254 e. The van der Waals surface area contributed by atoms with Crippen molar-refractivity contribution in [3.8, 4) is 0 Å². The molecule has 1 atom stereocenters. The van der Waals surface area contributed by atoms with Crippen LogP contribution in [0.25, 0.3) is 0 Å². The number of halogens is 1. The molecule has 2 N–H and O–H groups in total. The van der Waals surface area contributed by atoms with Gasteiger partial charge in [-0.2, -0.15) is 0 Å². The SMILES string of the molecule is CC(C)CCC(C)(O)CNC(=O)c1cccnc1Cl. The number of carbonyl (C=O) groups excluding carboxylic acids is 1. The summed E-state index contributed by atoms with van der Waals surface area (Å²) in [5, 5.41) is 13.0. The van der Waals surface area contributed by atoms with Crippen LogP contribution < -0.4 is 5.32 Å². The fraction of sp³-hybridized carbons (Fsp3) is 0.571. The molecule has 0 fully saturated rings. The van der Waals surface area contributed by atoms with Gasteiger partial charge in [-0.15, -0.1) is 0 Å². The van der Waals surface area contributed by atoms with Gasteiger partial charge in [0.1, 0.15) is 5.15 Å². The normalized spacial score (nSPS) is 14.2. The van der Waals surface area contributed by atoms with Crippen LogP contribution >= 0.6 is 11.6 Å². The summed E-state index contributed by atoms with van der Waals surface area (Å²) in [7, 11) is 0. The van der Waals surface area contributed by atoms with Crippen molar-refractivity contribution in [2.24, 2.45) is 5.92 Å². The van der Waals surface area contributed by atoms with Crippen LogP contribution in [0.4, 0.5) is 0 Å². The van der Waals surface area contributed by atoms with Gasteiger partial charge in [-0.05, 0) is 37.8 Å². The molecule has 1 rings (SSSR count). The summed E-state index contributed by atoms with van der Waals surface area (Å²) in [5.41, 5.74) is -0.585. The minimum absolute atomic E-state index is 0.168. The molecule has 1 unspecified atom stereocenters. The van der Waals surface area contributed by atoms with Gasteiger partial charge in [0.05, 0.1) is 11.2 Å². The predicted molar refractivity (Wildman–Crippen MR) is 76.3 cm³/mol. The molecule has 0 radical (unpaired) electrons. The monoisotopic (exact) mass is 284 g/mol. The zero-order valence-electron chi connectivity index (χ0n) is 11.6. The summed E-state index contributed by atoms with van der Waals surface area (Å²) in [5.74, 6) is 0.206. The van der Waals surface area contributed by atoms with E-state index in [-0.39, 0.29) is 17.6 Å². The van der Waals surface area contributed by atoms with Gasteiger partial charge in [-0.1, -0.05) is 25.4 Å². The van der Waals surface area contributed by atoms with E-state index in [1.54, 1.807) is 19.1 Å². The maximum atomic E-state index is 11.9. The Morgan fingerprint density at radius 2 is 2.26 bits per heavy atom. The van der Waals surface area contributed by atoms with E-state index < -0.39 is 5.60 Å². The summed E-state index contributed by atoms with van der Waals surface area (Å²) in [6.45, 7) is 6.12. The molecule has 1 aromatic rings. The van der Waals surface area contributed by atoms with Crippen molar-refractivity contribution < 1.29 is 9.90 Å². The Labute approximate surface area is 119 Å². The molecular formula is C14H21ClN2O2. The van der Waals surface area contributed by atoms with Gasteiger partial charge in [-0.3, -0.25) is 4.79 Å². The summed E-state index contributed by atoms with van der Waals surface area (Å²) >= 11 is 5.84. The number of hydrogen-bond acceptors (Lipinski definition) is 3. The van der Waals surface area contributed by atoms with Crippen molar-refractivity contribution in [1.82, 2.24) is 10.3 Å². The highest BCUT2D eigenvalue weighted by molar-refractivity contribution is 6.32. The minimum Gasteiger partial charge on any atom is -0.388 e. The van der Waals surface area contributed by atoms with E-state index in [1.165, 1.54) is 6.20 Å². The standard InChI is InChI=1S/C14H21ClN2O2/c1-10(2)6-7-14(3,19)9-17-13(18)11-5-4-8-16-12(11)15/h4-5,8,10,19H,6-7,9H2,1-3H3,(H,17,18). The van der Waals surface area contributed by atoms with Gasteiger partial charge in [0, 0.05) is 12.7 Å². The second-order valence-corrected chi connectivity index (χ2v) is 5.81. The van der Waals surface area contributed by atoms with E-state index in [2.05, 4.69) is 24.1 Å². The molecule has 1 aromatic heterocycles. The number of carbonyl (C=O) groups is 1. The summed E-state index contributed by atoms with van der Waals surface area (Å²) in [4.78, 5) is 15.7. The highest BCUT2D eigenvalue weighted by Gasteiger charge is 2.22. The maximum absolute atomic E-state index is 11.9. The first kappa shape index (κ1) is 15.9. The van der Waals surface area contributed by atoms with Gasteiger partial charge >= 0.3 is 0 Å². The lowest BCUT2D eigenvalue weighted by molar-refractivity contribution is 0.0429. The Kier molecular flexibility index (Phi) is 5.76. The molecule has 1 heterocycles. The number of rotatable bonds is 6. The van der Waals surface area contributed by atoms with E-state index in [4.69, 9.17) is 11.6 Å². The molecule has 106 valence electrons. The second-order valence-electron chi connectivity index (χ2n) is 5.45. The molecule has 0 saturated heterocycles. The Bertz CT molecular complexity index is 433. The van der Waals surface area contributed by atoms with E-state index >= 15 is 0 Å². The number of hydrogen-bond donors (Lipinski definition) is 2. The largest absolute Gasteiger partial charge is 0.388 e. The number of aromatic nitrogens is 1. The van der Waals surface area contributed by atoms with Crippen molar-refractivity contribution in [2.75, 3.05) is 6.54 Å². The van der Waals surface area contributed by atoms with E-state index in [1.807, 2.05) is 0 Å². The molecule has 5 heteroatoms. The third-order valence-electron chi connectivity index (χ3n) is 2.89. The Hall–Kier alpha value is -1.13. The van der Waals surface area contributed by atoms with E-state index in [9.17, 15) is 9.90 Å². The van der Waals surface area contributed by atoms with Crippen LogP contribution in [0, 0.1) is 5.92 Å². The van der Waals surface area contributed by atoms with Crippen LogP contribution in [0.3, 0.4) is 0 Å². The topological polar surface area (TPSA) is 62.2 Å². The smallest absolute Gasteiger partial charge is 0.254 e. The van der Waals surface area contributed by atoms with Crippen LogP contribution in [0.5, 0.6) is 0 Å². The number of amides is 1. The molecular weight excluding hydrogens is 264 g/mol. The average molecular weight is 285 g/mol. The molecule has 0 aliphatic heterocycles. The van der Waals surface area contributed by atoms with Gasteiger partial charge in [0.15, 0.2) is 0 Å². The Morgan fingerprint density at radius 1 is 1.58 bits per heavy atom. The van der Waals surface area contributed by atoms with Crippen LogP contribution in [0.15, 0.2) is 18.3 Å². The van der Waals surface area contributed by atoms with Crippen LogP contribution in [-0.4, -0.2) is 28.1 Å². The Balaban J connectivity index is 2.52. The quantitative estimate of drug-likeness (QED) is 0.790. The van der Waals surface area contributed by atoms with Crippen molar-refractivity contribution in [2.45, 2.75) is 39.2 Å². The third kappa shape index (κ3) is 5.57. The van der Waals surface area contributed by atoms with E-state index in [0.717, 1.165) is 6.42 Å². The fourth-order valence-corrected chi connectivity index (χ4v) is 1.81. The highest BCUT2D eigenvalue weighted by atomic mass is 35.5. The number of aliphatic hydroxyl groups is 1. The number of nitrogens with one attached hydrogen (secondary N) is 1. The van der Waals surface area contributed by atoms with Crippen LogP contribution in [-0.2, 0) is 0 Å². The van der Waals surface area contributed by atoms with Crippen LogP contribution in [0.1, 0.15) is 44.0 Å². The van der Waals surface area contributed by atoms with Gasteiger partial charge in [0.2, 0.25) is 0 Å². The summed E-state index contributed by atoms with van der Waals surface area (Å²) < 4.78 is 0. The van der Waals surface area contributed by atoms with Crippen molar-refractivity contribution >= 4 is 17.5 Å². The van der Waals surface area contributed by atoms with Gasteiger partial charge in [-0.25, -0.2) is 4.98 Å². The number of nitrogens with zero attached hydrogens (tertiary/aromatic N) is 1. The van der Waals surface area contributed by atoms with Crippen LogP contribution in [0.2, 0.25) is 5.15 Å².